The van der Waals surface area contributed by atoms with Crippen molar-refractivity contribution < 1.29 is 13.5 Å². The van der Waals surface area contributed by atoms with Crippen LogP contribution < -0.4 is 0 Å². The maximum atomic E-state index is 11.5. The van der Waals surface area contributed by atoms with Crippen LogP contribution in [0.25, 0.3) is 0 Å². The Morgan fingerprint density at radius 2 is 2.12 bits per heavy atom. The number of sulfone groups is 1. The molecule has 0 amide bonds. The highest BCUT2D eigenvalue weighted by molar-refractivity contribution is 7.92. The van der Waals surface area contributed by atoms with E-state index in [9.17, 15) is 13.5 Å². The molecule has 0 saturated heterocycles. The van der Waals surface area contributed by atoms with Crippen molar-refractivity contribution in [3.63, 3.8) is 0 Å². The minimum Gasteiger partial charge on any atom is -0.391 e. The molecule has 0 aliphatic heterocycles. The molecule has 1 N–H and O–H groups in total. The Kier molecular flexibility index (Phi) is 3.44. The van der Waals surface area contributed by atoms with E-state index in [0.29, 0.717) is 0 Å². The Morgan fingerprint density at radius 3 is 2.50 bits per heavy atom. The average molecular weight is 246 g/mol. The molecule has 0 aromatic carbocycles. The van der Waals surface area contributed by atoms with Gasteiger partial charge in [-0.25, -0.2) is 8.42 Å². The van der Waals surface area contributed by atoms with Crippen molar-refractivity contribution in [2.45, 2.75) is 31.1 Å². The summed E-state index contributed by atoms with van der Waals surface area (Å²) in [5, 5.41) is 13.9. The molecule has 1 aromatic rings. The molecule has 1 aromatic heterocycles. The Morgan fingerprint density at radius 1 is 1.56 bits per heavy atom. The molecule has 1 heterocycles. The van der Waals surface area contributed by atoms with Crippen LogP contribution in [0.2, 0.25) is 0 Å². The third-order valence-electron chi connectivity index (χ3n) is 2.95. The predicted molar refractivity (Wildman–Crippen MR) is 61.8 cm³/mol. The Hall–Kier alpha value is -0.880. The number of aryl methyl sites for hydroxylation is 1. The summed E-state index contributed by atoms with van der Waals surface area (Å²) in [6, 6.07) is 0. The lowest BCUT2D eigenvalue weighted by atomic mass is 10.0. The summed E-state index contributed by atoms with van der Waals surface area (Å²) in [5.41, 5.74) is 0.826. The van der Waals surface area contributed by atoms with Crippen molar-refractivity contribution in [3.8, 4) is 0 Å². The third kappa shape index (κ3) is 2.62. The minimum atomic E-state index is -3.29. The van der Waals surface area contributed by atoms with Gasteiger partial charge in [-0.15, -0.1) is 0 Å². The van der Waals surface area contributed by atoms with Crippen LogP contribution in [0.1, 0.15) is 19.4 Å². The van der Waals surface area contributed by atoms with E-state index in [1.807, 2.05) is 0 Å². The molecule has 0 aliphatic carbocycles. The summed E-state index contributed by atoms with van der Waals surface area (Å²) in [6.07, 6.45) is 3.88. The second kappa shape index (κ2) is 4.18. The second-order valence-corrected chi connectivity index (χ2v) is 7.21. The van der Waals surface area contributed by atoms with E-state index in [1.54, 1.807) is 24.1 Å². The molecule has 0 bridgehead atoms. The molecule has 1 atom stereocenters. The number of aromatic nitrogens is 2. The molecule has 6 heteroatoms. The summed E-state index contributed by atoms with van der Waals surface area (Å²) in [5.74, 6) is 0. The van der Waals surface area contributed by atoms with Crippen molar-refractivity contribution in [2.75, 3.05) is 6.26 Å². The molecule has 1 unspecified atom stereocenters. The van der Waals surface area contributed by atoms with Crippen LogP contribution in [0.15, 0.2) is 12.4 Å². The van der Waals surface area contributed by atoms with E-state index in [-0.39, 0.29) is 6.42 Å². The summed E-state index contributed by atoms with van der Waals surface area (Å²) >= 11 is 0. The van der Waals surface area contributed by atoms with E-state index in [2.05, 4.69) is 5.10 Å². The van der Waals surface area contributed by atoms with Gasteiger partial charge >= 0.3 is 0 Å². The number of aliphatic hydroxyl groups excluding tert-OH is 1. The summed E-state index contributed by atoms with van der Waals surface area (Å²) in [4.78, 5) is 0. The van der Waals surface area contributed by atoms with Crippen molar-refractivity contribution in [3.05, 3.63) is 18.0 Å². The topological polar surface area (TPSA) is 72.2 Å². The summed E-state index contributed by atoms with van der Waals surface area (Å²) < 4.78 is 23.5. The maximum absolute atomic E-state index is 11.5. The molecule has 0 aliphatic rings. The Bertz CT molecular complexity index is 462. The van der Waals surface area contributed by atoms with Crippen molar-refractivity contribution in [1.82, 2.24) is 9.78 Å². The number of aliphatic hydroxyl groups is 1. The van der Waals surface area contributed by atoms with E-state index < -0.39 is 20.7 Å². The van der Waals surface area contributed by atoms with Gasteiger partial charge < -0.3 is 5.11 Å². The molecule has 0 fully saturated rings. The number of hydrogen-bond acceptors (Lipinski definition) is 4. The van der Waals surface area contributed by atoms with E-state index in [1.165, 1.54) is 13.8 Å². The first-order chi connectivity index (χ1) is 7.14. The normalized spacial score (nSPS) is 15.1. The van der Waals surface area contributed by atoms with Crippen molar-refractivity contribution in [1.29, 1.82) is 0 Å². The van der Waals surface area contributed by atoms with E-state index >= 15 is 0 Å². The fourth-order valence-electron chi connectivity index (χ4n) is 1.29. The monoisotopic (exact) mass is 246 g/mol. The lowest BCUT2D eigenvalue weighted by Gasteiger charge is -2.28. The quantitative estimate of drug-likeness (QED) is 0.820. The van der Waals surface area contributed by atoms with Crippen LogP contribution in [-0.2, 0) is 23.3 Å². The first-order valence-corrected chi connectivity index (χ1v) is 6.89. The number of nitrogens with zero attached hydrogens (tertiary/aromatic N) is 2. The Labute approximate surface area is 96.0 Å². The van der Waals surface area contributed by atoms with Crippen molar-refractivity contribution in [2.24, 2.45) is 7.05 Å². The first kappa shape index (κ1) is 13.2. The van der Waals surface area contributed by atoms with E-state index in [0.717, 1.165) is 11.8 Å². The first-order valence-electron chi connectivity index (χ1n) is 5.00. The summed E-state index contributed by atoms with van der Waals surface area (Å²) in [7, 11) is -1.52. The Balaban J connectivity index is 2.84. The lowest BCUT2D eigenvalue weighted by Crippen LogP contribution is -2.44. The van der Waals surface area contributed by atoms with Crippen LogP contribution in [0, 0.1) is 0 Å². The zero-order chi connectivity index (χ0) is 12.6. The fourth-order valence-corrected chi connectivity index (χ4v) is 1.87. The smallest absolute Gasteiger partial charge is 0.155 e. The lowest BCUT2D eigenvalue weighted by molar-refractivity contribution is 0.138. The molecule has 16 heavy (non-hydrogen) atoms. The van der Waals surface area contributed by atoms with Gasteiger partial charge in [0, 0.05) is 25.9 Å². The zero-order valence-corrected chi connectivity index (χ0v) is 10.8. The van der Waals surface area contributed by atoms with Gasteiger partial charge in [0.1, 0.15) is 0 Å². The standard InChI is InChI=1S/C10H18N2O3S/c1-10(2,16(4,14)15)9(13)5-8-6-11-12(3)7-8/h6-7,9,13H,5H2,1-4H3. The second-order valence-electron chi connectivity index (χ2n) is 4.62. The van der Waals surface area contributed by atoms with Gasteiger partial charge in [0.15, 0.2) is 9.84 Å². The maximum Gasteiger partial charge on any atom is 0.155 e. The van der Waals surface area contributed by atoms with Gasteiger partial charge in [0.25, 0.3) is 0 Å². The van der Waals surface area contributed by atoms with Gasteiger partial charge in [-0.05, 0) is 19.4 Å². The van der Waals surface area contributed by atoms with Gasteiger partial charge in [0.2, 0.25) is 0 Å². The van der Waals surface area contributed by atoms with Crippen LogP contribution in [0.4, 0.5) is 0 Å². The highest BCUT2D eigenvalue weighted by Gasteiger charge is 2.38. The molecule has 92 valence electrons. The highest BCUT2D eigenvalue weighted by atomic mass is 32.2. The largest absolute Gasteiger partial charge is 0.391 e. The zero-order valence-electron chi connectivity index (χ0n) is 10.0. The highest BCUT2D eigenvalue weighted by Crippen LogP contribution is 2.22. The number of hydrogen-bond donors (Lipinski definition) is 1. The van der Waals surface area contributed by atoms with Crippen LogP contribution in [0.3, 0.4) is 0 Å². The molecular weight excluding hydrogens is 228 g/mol. The molecular formula is C10H18N2O3S. The molecule has 0 saturated carbocycles. The van der Waals surface area contributed by atoms with Crippen LogP contribution >= 0.6 is 0 Å². The van der Waals surface area contributed by atoms with Gasteiger partial charge in [-0.1, -0.05) is 0 Å². The molecule has 1 rings (SSSR count). The molecule has 0 spiro atoms. The van der Waals surface area contributed by atoms with Crippen LogP contribution in [0.5, 0.6) is 0 Å². The molecule has 0 radical (unpaired) electrons. The third-order valence-corrected chi connectivity index (χ3v) is 5.13. The van der Waals surface area contributed by atoms with Crippen molar-refractivity contribution >= 4 is 9.84 Å². The van der Waals surface area contributed by atoms with E-state index in [4.69, 9.17) is 0 Å². The number of rotatable bonds is 4. The van der Waals surface area contributed by atoms with Gasteiger partial charge in [0.05, 0.1) is 17.0 Å². The van der Waals surface area contributed by atoms with Crippen LogP contribution in [-0.4, -0.2) is 40.4 Å². The SMILES string of the molecule is Cn1cc(CC(O)C(C)(C)S(C)(=O)=O)cn1. The van der Waals surface area contributed by atoms with Gasteiger partial charge in [-0.3, -0.25) is 4.68 Å². The minimum absolute atomic E-state index is 0.286. The predicted octanol–water partition coefficient (Wildman–Crippen LogP) is 0.147. The fraction of sp³-hybridized carbons (Fsp3) is 0.700. The van der Waals surface area contributed by atoms with Gasteiger partial charge in [-0.2, -0.15) is 5.10 Å². The average Bonchev–Trinajstić information content (AvgIpc) is 2.49. The summed E-state index contributed by atoms with van der Waals surface area (Å²) in [6.45, 7) is 3.06. The molecule has 5 nitrogen and oxygen atoms in total.